The molecule has 6 aromatic rings. The molecule has 0 aliphatic heterocycles. The number of aromatic nitrogens is 6. The average Bonchev–Trinajstić information content (AvgIpc) is 3.26. The largest absolute Gasteiger partial charge is 0.489 e. The third-order valence-electron chi connectivity index (χ3n) is 9.70. The molecule has 65 heavy (non-hydrogen) atoms. The van der Waals surface area contributed by atoms with E-state index in [0.717, 1.165) is 21.1 Å². The molecule has 1 atom stereocenters. The molecule has 0 bridgehead atoms. The molecule has 20 heteroatoms. The first-order chi connectivity index (χ1) is 30.5. The number of carbonyl (C=O) groups is 2. The first kappa shape index (κ1) is 52.9. The molecule has 0 fully saturated rings. The van der Waals surface area contributed by atoms with E-state index in [1.807, 2.05) is 34.6 Å². The normalized spacial score (nSPS) is 11.3. The number of pyridine rings is 2. The Balaban J connectivity index is 0.000000321. The van der Waals surface area contributed by atoms with Crippen molar-refractivity contribution < 1.29 is 62.3 Å². The van der Waals surface area contributed by atoms with E-state index >= 15 is 0 Å². The van der Waals surface area contributed by atoms with Gasteiger partial charge in [0.05, 0.1) is 42.0 Å². The van der Waals surface area contributed by atoms with Crippen LogP contribution in [0.2, 0.25) is 0 Å². The van der Waals surface area contributed by atoms with Crippen LogP contribution in [0.15, 0.2) is 80.1 Å². The van der Waals surface area contributed by atoms with E-state index in [9.17, 15) is 37.9 Å². The van der Waals surface area contributed by atoms with Crippen molar-refractivity contribution in [3.05, 3.63) is 136 Å². The molecule has 0 saturated heterocycles. The standard InChI is InChI=1S/C22H24FN3O5.C22H26FN3O4.CH2O2.Zn/c1-14(2)31-18-12-24-20-19(17(18)11-15-5-7-16(23)8-6-15)21(28)26(22(29)25(20)3)9-4-10-30-13-27;1-5-6-11-26-21(28)18-17(19(27)14-7-9-15(23)10-8-14)16(30-13(2)3)12-24-20(18)25(4)22(26)29;2-1-3;/h5-8,12-14H,4,9-11H2,1-3H3;7-10,12-13,19,27H,5-6,11H2,1-4H3;1H,(H,2,3);. The first-order valence-corrected chi connectivity index (χ1v) is 20.4. The number of aliphatic hydroxyl groups is 1. The van der Waals surface area contributed by atoms with Crippen molar-refractivity contribution in [3.63, 3.8) is 0 Å². The molecule has 4 heterocycles. The molecule has 0 aliphatic carbocycles. The van der Waals surface area contributed by atoms with Gasteiger partial charge in [0.25, 0.3) is 24.1 Å². The topological polar surface area (TPSA) is 216 Å². The fourth-order valence-corrected chi connectivity index (χ4v) is 6.78. The van der Waals surface area contributed by atoms with E-state index in [1.165, 1.54) is 65.0 Å². The van der Waals surface area contributed by atoms with Gasteiger partial charge in [-0.2, -0.15) is 0 Å². The number of halogens is 2. The molecular weight excluding hydrogens is 904 g/mol. The molecule has 0 amide bonds. The predicted molar refractivity (Wildman–Crippen MR) is 234 cm³/mol. The second-order valence-corrected chi connectivity index (χ2v) is 15.0. The van der Waals surface area contributed by atoms with Crippen molar-refractivity contribution in [1.29, 1.82) is 0 Å². The second kappa shape index (κ2) is 24.6. The Morgan fingerprint density at radius 1 is 0.723 bits per heavy atom. The number of rotatable bonds is 16. The number of aliphatic hydroxyl groups excluding tert-OH is 1. The van der Waals surface area contributed by atoms with Gasteiger partial charge in [0.1, 0.15) is 40.5 Å². The number of nitrogens with zero attached hydrogens (tertiary/aromatic N) is 6. The minimum Gasteiger partial charge on any atom is -0.489 e. The van der Waals surface area contributed by atoms with Gasteiger partial charge < -0.3 is 24.4 Å². The average molecular weight is 956 g/mol. The van der Waals surface area contributed by atoms with Crippen LogP contribution in [0.4, 0.5) is 8.78 Å². The maximum Gasteiger partial charge on any atom is 0.332 e. The zero-order valence-electron chi connectivity index (χ0n) is 37.3. The van der Waals surface area contributed by atoms with Crippen LogP contribution in [0.25, 0.3) is 22.1 Å². The minimum atomic E-state index is -1.27. The molecular formula is C45H52F2N6O11Zn. The van der Waals surface area contributed by atoms with Crippen LogP contribution in [0, 0.1) is 11.6 Å². The molecule has 0 saturated carbocycles. The number of hydrogen-bond donors (Lipinski definition) is 2. The molecule has 344 valence electrons. The Morgan fingerprint density at radius 3 is 1.69 bits per heavy atom. The minimum absolute atomic E-state index is 0. The summed E-state index contributed by atoms with van der Waals surface area (Å²) in [5.74, 6) is -0.122. The van der Waals surface area contributed by atoms with E-state index in [-0.39, 0.29) is 97.1 Å². The summed E-state index contributed by atoms with van der Waals surface area (Å²) in [4.78, 5) is 79.4. The zero-order chi connectivity index (χ0) is 47.2. The van der Waals surface area contributed by atoms with Crippen molar-refractivity contribution in [2.75, 3.05) is 6.61 Å². The van der Waals surface area contributed by atoms with Gasteiger partial charge in [-0.3, -0.25) is 37.4 Å². The third kappa shape index (κ3) is 12.9. The van der Waals surface area contributed by atoms with E-state index in [4.69, 9.17) is 19.4 Å². The van der Waals surface area contributed by atoms with Gasteiger partial charge in [-0.1, -0.05) is 37.6 Å². The molecule has 0 spiro atoms. The Labute approximate surface area is 384 Å². The van der Waals surface area contributed by atoms with Crippen molar-refractivity contribution in [2.45, 2.75) is 91.7 Å². The summed E-state index contributed by atoms with van der Waals surface area (Å²) in [5, 5.41) is 18.4. The molecule has 1 unspecified atom stereocenters. The smallest absolute Gasteiger partial charge is 0.332 e. The number of benzene rings is 2. The van der Waals surface area contributed by atoms with E-state index in [0.29, 0.717) is 42.6 Å². The summed E-state index contributed by atoms with van der Waals surface area (Å²) in [6.07, 6.45) is 3.31. The first-order valence-electron chi connectivity index (χ1n) is 20.4. The quantitative estimate of drug-likeness (QED) is 0.0760. The third-order valence-corrected chi connectivity index (χ3v) is 9.70. The van der Waals surface area contributed by atoms with Crippen LogP contribution in [0.3, 0.4) is 0 Å². The van der Waals surface area contributed by atoms with Crippen LogP contribution in [-0.4, -0.2) is 70.2 Å². The Bertz CT molecular complexity index is 2810. The van der Waals surface area contributed by atoms with Crippen molar-refractivity contribution >= 4 is 35.0 Å². The van der Waals surface area contributed by atoms with Gasteiger partial charge in [0.2, 0.25) is 0 Å². The molecule has 2 N–H and O–H groups in total. The van der Waals surface area contributed by atoms with Gasteiger partial charge in [-0.15, -0.1) is 0 Å². The summed E-state index contributed by atoms with van der Waals surface area (Å²) in [6.45, 7) is 9.83. The van der Waals surface area contributed by atoms with Gasteiger partial charge in [-0.25, -0.2) is 28.3 Å². The number of hydrogen-bond acceptors (Lipinski definition) is 12. The molecule has 17 nitrogen and oxygen atoms in total. The summed E-state index contributed by atoms with van der Waals surface area (Å²) in [5.41, 5.74) is 0.355. The molecule has 4 aromatic heterocycles. The maximum atomic E-state index is 13.4. The van der Waals surface area contributed by atoms with Gasteiger partial charge in [-0.05, 0) is 75.9 Å². The number of unbranched alkanes of at least 4 members (excludes halogenated alkanes) is 1. The van der Waals surface area contributed by atoms with E-state index in [2.05, 4.69) is 14.7 Å². The van der Waals surface area contributed by atoms with E-state index in [1.54, 1.807) is 19.2 Å². The van der Waals surface area contributed by atoms with Crippen LogP contribution < -0.4 is 32.0 Å². The van der Waals surface area contributed by atoms with Crippen LogP contribution >= 0.6 is 0 Å². The molecule has 0 aliphatic rings. The second-order valence-electron chi connectivity index (χ2n) is 15.0. The summed E-state index contributed by atoms with van der Waals surface area (Å²) >= 11 is 0. The Hall–Kier alpha value is -6.40. The SMILES string of the molecule is CC(C)Oc1cnc2c(c1Cc1ccc(F)cc1)c(=O)n(CCCOC=O)c(=O)n2C.CCCCn1c(=O)c2c(C(O)c3ccc(F)cc3)c(OC(C)C)cnc2n(C)c1=O.O=CO.[Zn]. The number of carbonyl (C=O) groups excluding carboxylic acids is 1. The monoisotopic (exact) mass is 954 g/mol. The number of ether oxygens (including phenoxy) is 3. The van der Waals surface area contributed by atoms with Crippen LogP contribution in [0.1, 0.15) is 82.2 Å². The number of carboxylic acid groups (broad SMARTS) is 1. The predicted octanol–water partition coefficient (Wildman–Crippen LogP) is 4.78. The molecule has 0 radical (unpaired) electrons. The van der Waals surface area contributed by atoms with Crippen molar-refractivity contribution in [1.82, 2.24) is 28.2 Å². The summed E-state index contributed by atoms with van der Waals surface area (Å²) < 4.78 is 48.0. The van der Waals surface area contributed by atoms with Crippen LogP contribution in [0.5, 0.6) is 11.5 Å². The fraction of sp³-hybridized carbons (Fsp3) is 0.378. The fourth-order valence-electron chi connectivity index (χ4n) is 6.78. The Morgan fingerprint density at radius 2 is 1.18 bits per heavy atom. The van der Waals surface area contributed by atoms with Crippen molar-refractivity contribution in [2.24, 2.45) is 14.1 Å². The van der Waals surface area contributed by atoms with Crippen LogP contribution in [-0.2, 0) is 67.4 Å². The van der Waals surface area contributed by atoms with Gasteiger partial charge in [0, 0.05) is 64.2 Å². The summed E-state index contributed by atoms with van der Waals surface area (Å²) in [6, 6.07) is 11.3. The van der Waals surface area contributed by atoms with Gasteiger partial charge >= 0.3 is 11.4 Å². The number of fused-ring (bicyclic) bond motifs is 2. The summed E-state index contributed by atoms with van der Waals surface area (Å²) in [7, 11) is 3.08. The van der Waals surface area contributed by atoms with Crippen molar-refractivity contribution in [3.8, 4) is 11.5 Å². The molecule has 2 aromatic carbocycles. The number of aryl methyl sites for hydroxylation is 2. The van der Waals surface area contributed by atoms with Gasteiger partial charge in [0.15, 0.2) is 0 Å². The Kier molecular flexibility index (Phi) is 20.0. The molecule has 6 rings (SSSR count). The zero-order valence-corrected chi connectivity index (χ0v) is 40.3. The van der Waals surface area contributed by atoms with E-state index < -0.39 is 34.4 Å². The maximum absolute atomic E-state index is 13.4.